The lowest BCUT2D eigenvalue weighted by Gasteiger charge is -2.12. The van der Waals surface area contributed by atoms with Gasteiger partial charge in [-0.2, -0.15) is 0 Å². The minimum atomic E-state index is -1.17. The maximum Gasteiger partial charge on any atom is 0.413 e. The zero-order chi connectivity index (χ0) is 16.5. The van der Waals surface area contributed by atoms with Gasteiger partial charge < -0.3 is 14.2 Å². The molecule has 0 spiro atoms. The van der Waals surface area contributed by atoms with E-state index in [9.17, 15) is 19.2 Å². The number of esters is 1. The number of aldehydes is 1. The van der Waals surface area contributed by atoms with Crippen LogP contribution in [-0.4, -0.2) is 44.1 Å². The largest absolute Gasteiger partial charge is 0.482 e. The summed E-state index contributed by atoms with van der Waals surface area (Å²) in [6.07, 6.45) is -1.44. The second-order valence-electron chi connectivity index (χ2n) is 4.09. The fourth-order valence-corrected chi connectivity index (χ4v) is 1.32. The number of hydrogen-bond acceptors (Lipinski definition) is 7. The lowest BCUT2D eigenvalue weighted by atomic mass is 10.2. The normalized spacial score (nSPS) is 11.0. The van der Waals surface area contributed by atoms with E-state index in [-0.39, 0.29) is 0 Å². The van der Waals surface area contributed by atoms with Gasteiger partial charge in [-0.25, -0.2) is 9.59 Å². The first-order valence-corrected chi connectivity index (χ1v) is 6.22. The van der Waals surface area contributed by atoms with Gasteiger partial charge in [-0.3, -0.25) is 14.9 Å². The number of imide groups is 1. The van der Waals surface area contributed by atoms with Crippen molar-refractivity contribution in [2.45, 2.75) is 13.0 Å². The van der Waals surface area contributed by atoms with Gasteiger partial charge in [-0.15, -0.1) is 0 Å². The summed E-state index contributed by atoms with van der Waals surface area (Å²) in [7, 11) is 1.10. The molecule has 2 amide bonds. The monoisotopic (exact) mass is 309 g/mol. The molecule has 1 aromatic carbocycles. The molecule has 0 aliphatic heterocycles. The molecule has 1 aromatic rings. The van der Waals surface area contributed by atoms with Crippen LogP contribution in [0.15, 0.2) is 24.3 Å². The molecule has 0 saturated carbocycles. The fraction of sp³-hybridized carbons (Fsp3) is 0.286. The molecule has 1 N–H and O–H groups in total. The maximum absolute atomic E-state index is 11.5. The van der Waals surface area contributed by atoms with Gasteiger partial charge in [0, 0.05) is 5.56 Å². The van der Waals surface area contributed by atoms with E-state index >= 15 is 0 Å². The van der Waals surface area contributed by atoms with Crippen LogP contribution >= 0.6 is 0 Å². The molecular weight excluding hydrogens is 294 g/mol. The van der Waals surface area contributed by atoms with Gasteiger partial charge >= 0.3 is 12.1 Å². The molecule has 118 valence electrons. The molecule has 0 aliphatic rings. The molecule has 22 heavy (non-hydrogen) atoms. The van der Waals surface area contributed by atoms with E-state index in [1.165, 1.54) is 31.2 Å². The van der Waals surface area contributed by atoms with Crippen molar-refractivity contribution in [3.63, 3.8) is 0 Å². The van der Waals surface area contributed by atoms with Gasteiger partial charge in [-0.1, -0.05) is 0 Å². The Morgan fingerprint density at radius 1 is 1.23 bits per heavy atom. The van der Waals surface area contributed by atoms with E-state index in [0.717, 1.165) is 7.11 Å². The van der Waals surface area contributed by atoms with Gasteiger partial charge in [0.1, 0.15) is 12.0 Å². The minimum Gasteiger partial charge on any atom is -0.482 e. The fourth-order valence-electron chi connectivity index (χ4n) is 1.32. The van der Waals surface area contributed by atoms with Crippen LogP contribution in [-0.2, 0) is 19.1 Å². The molecule has 0 heterocycles. The van der Waals surface area contributed by atoms with Crippen LogP contribution in [0.25, 0.3) is 0 Å². The number of ether oxygens (including phenoxy) is 3. The summed E-state index contributed by atoms with van der Waals surface area (Å²) in [6.45, 7) is 0.880. The van der Waals surface area contributed by atoms with Crippen molar-refractivity contribution < 1.29 is 33.4 Å². The molecule has 1 atom stereocenters. The zero-order valence-corrected chi connectivity index (χ0v) is 12.0. The number of carbonyl (C=O) groups excluding carboxylic acids is 4. The third-order valence-corrected chi connectivity index (χ3v) is 2.46. The van der Waals surface area contributed by atoms with Gasteiger partial charge in [0.2, 0.25) is 0 Å². The van der Waals surface area contributed by atoms with Crippen LogP contribution < -0.4 is 10.1 Å². The minimum absolute atomic E-state index is 0.370. The third kappa shape index (κ3) is 5.61. The highest BCUT2D eigenvalue weighted by molar-refractivity contribution is 5.95. The average Bonchev–Trinajstić information content (AvgIpc) is 2.53. The number of nitrogens with one attached hydrogen (secondary N) is 1. The number of amides is 2. The highest BCUT2D eigenvalue weighted by Gasteiger charge is 2.20. The molecule has 1 rings (SSSR count). The first kappa shape index (κ1) is 17.2. The summed E-state index contributed by atoms with van der Waals surface area (Å²) < 4.78 is 14.2. The van der Waals surface area contributed by atoms with Crippen LogP contribution in [0.3, 0.4) is 0 Å². The molecule has 0 aliphatic carbocycles. The summed E-state index contributed by atoms with van der Waals surface area (Å²) in [4.78, 5) is 44.3. The van der Waals surface area contributed by atoms with E-state index < -0.39 is 30.7 Å². The Hall–Kier alpha value is -2.90. The molecule has 8 heteroatoms. The van der Waals surface area contributed by atoms with Crippen LogP contribution in [0, 0.1) is 0 Å². The third-order valence-electron chi connectivity index (χ3n) is 2.46. The number of rotatable bonds is 6. The summed E-state index contributed by atoms with van der Waals surface area (Å²) in [5.74, 6) is -1.23. The zero-order valence-electron chi connectivity index (χ0n) is 12.0. The molecule has 0 saturated heterocycles. The summed E-state index contributed by atoms with van der Waals surface area (Å²) in [6, 6.07) is 6.09. The van der Waals surface area contributed by atoms with E-state index in [2.05, 4.69) is 4.74 Å². The highest BCUT2D eigenvalue weighted by atomic mass is 16.6. The van der Waals surface area contributed by atoms with Crippen LogP contribution in [0.2, 0.25) is 0 Å². The van der Waals surface area contributed by atoms with Crippen molar-refractivity contribution in [2.75, 3.05) is 13.7 Å². The van der Waals surface area contributed by atoms with Gasteiger partial charge in [0.05, 0.1) is 7.11 Å². The van der Waals surface area contributed by atoms with E-state index in [1.807, 2.05) is 5.32 Å². The molecule has 0 unspecified atom stereocenters. The summed E-state index contributed by atoms with van der Waals surface area (Å²) in [5.41, 5.74) is 0.475. The SMILES string of the molecule is COC(=O)NC(=O)[C@@H](C)OC(=O)COc1ccc(C=O)cc1. The second-order valence-corrected chi connectivity index (χ2v) is 4.09. The molecule has 8 nitrogen and oxygen atoms in total. The topological polar surface area (TPSA) is 108 Å². The first-order valence-electron chi connectivity index (χ1n) is 6.22. The maximum atomic E-state index is 11.5. The lowest BCUT2D eigenvalue weighted by Crippen LogP contribution is -2.40. The Balaban J connectivity index is 2.40. The first-order chi connectivity index (χ1) is 10.5. The molecule has 0 radical (unpaired) electrons. The molecule has 0 bridgehead atoms. The van der Waals surface area contributed by atoms with Gasteiger partial charge in [0.15, 0.2) is 12.7 Å². The van der Waals surface area contributed by atoms with Crippen molar-refractivity contribution in [3.05, 3.63) is 29.8 Å². The predicted molar refractivity (Wildman–Crippen MR) is 73.4 cm³/mol. The van der Waals surface area contributed by atoms with Crippen molar-refractivity contribution in [1.82, 2.24) is 5.32 Å². The summed E-state index contributed by atoms with van der Waals surface area (Å²) in [5, 5.41) is 1.87. The Morgan fingerprint density at radius 2 is 1.86 bits per heavy atom. The second kappa shape index (κ2) is 8.40. The van der Waals surface area contributed by atoms with Gasteiger partial charge in [-0.05, 0) is 31.2 Å². The lowest BCUT2D eigenvalue weighted by molar-refractivity contribution is -0.156. The van der Waals surface area contributed by atoms with E-state index in [0.29, 0.717) is 17.6 Å². The highest BCUT2D eigenvalue weighted by Crippen LogP contribution is 2.11. The van der Waals surface area contributed by atoms with Gasteiger partial charge in [0.25, 0.3) is 5.91 Å². The van der Waals surface area contributed by atoms with Crippen LogP contribution in [0.1, 0.15) is 17.3 Å². The average molecular weight is 309 g/mol. The van der Waals surface area contributed by atoms with Crippen LogP contribution in [0.4, 0.5) is 4.79 Å². The molecular formula is C14H15NO7. The van der Waals surface area contributed by atoms with E-state index in [1.54, 1.807) is 0 Å². The summed E-state index contributed by atoms with van der Waals surface area (Å²) >= 11 is 0. The number of alkyl carbamates (subject to hydrolysis) is 1. The van der Waals surface area contributed by atoms with Crippen molar-refractivity contribution >= 4 is 24.3 Å². The number of benzene rings is 1. The van der Waals surface area contributed by atoms with Crippen molar-refractivity contribution in [3.8, 4) is 5.75 Å². The predicted octanol–water partition coefficient (Wildman–Crippen LogP) is 0.692. The quantitative estimate of drug-likeness (QED) is 0.608. The molecule has 0 fully saturated rings. The number of methoxy groups -OCH3 is 1. The number of hydrogen-bond donors (Lipinski definition) is 1. The Labute approximate surface area is 126 Å². The number of carbonyl (C=O) groups is 4. The Morgan fingerprint density at radius 3 is 2.41 bits per heavy atom. The van der Waals surface area contributed by atoms with Crippen molar-refractivity contribution in [1.29, 1.82) is 0 Å². The van der Waals surface area contributed by atoms with E-state index in [4.69, 9.17) is 9.47 Å². The van der Waals surface area contributed by atoms with Crippen molar-refractivity contribution in [2.24, 2.45) is 0 Å². The smallest absolute Gasteiger partial charge is 0.413 e. The Bertz CT molecular complexity index is 553. The standard InChI is InChI=1S/C14H15NO7/c1-9(13(18)15-14(19)20-2)22-12(17)8-21-11-5-3-10(7-16)4-6-11/h3-7,9H,8H2,1-2H3,(H,15,18,19)/t9-/m1/s1. The van der Waals surface area contributed by atoms with Crippen LogP contribution in [0.5, 0.6) is 5.75 Å². The Kier molecular flexibility index (Phi) is 6.55. The molecule has 0 aromatic heterocycles.